The summed E-state index contributed by atoms with van der Waals surface area (Å²) in [5.74, 6) is 2.02. The van der Waals surface area contributed by atoms with Crippen LogP contribution in [-0.4, -0.2) is 202 Å². The lowest BCUT2D eigenvalue weighted by molar-refractivity contribution is -0.122. The molecule has 4 aromatic heterocycles. The van der Waals surface area contributed by atoms with Crippen LogP contribution < -0.4 is 30.1 Å². The number of sulfone groups is 1. The molecule has 0 saturated carbocycles. The molecule has 25 heteroatoms. The summed E-state index contributed by atoms with van der Waals surface area (Å²) in [6.07, 6.45) is 5.07. The molecule has 23 nitrogen and oxygen atoms in total. The lowest BCUT2D eigenvalue weighted by Crippen LogP contribution is -2.65. The van der Waals surface area contributed by atoms with Gasteiger partial charge in [0.1, 0.15) is 52.7 Å². The smallest absolute Gasteiger partial charge is 0.410 e. The average molecular weight is 1230 g/mol. The number of rotatable bonds is 18. The van der Waals surface area contributed by atoms with Crippen LogP contribution in [-0.2, 0) is 35.9 Å². The maximum absolute atomic E-state index is 14.7. The molecule has 4 atom stereocenters. The summed E-state index contributed by atoms with van der Waals surface area (Å²) in [5.41, 5.74) is 3.47. The number of amides is 2. The number of morpholine rings is 1. The molecule has 0 unspecified atom stereocenters. The number of H-pyrrole nitrogens is 2. The van der Waals surface area contributed by atoms with Gasteiger partial charge in [-0.2, -0.15) is 5.10 Å². The number of halogens is 1. The Labute approximate surface area is 514 Å². The van der Waals surface area contributed by atoms with Crippen LogP contribution in [0.4, 0.5) is 32.5 Å². The van der Waals surface area contributed by atoms with E-state index in [1.807, 2.05) is 55.4 Å². The molecule has 4 aliphatic heterocycles. The van der Waals surface area contributed by atoms with Gasteiger partial charge in [-0.3, -0.25) is 29.4 Å². The summed E-state index contributed by atoms with van der Waals surface area (Å²) < 4.78 is 65.5. The van der Waals surface area contributed by atoms with Gasteiger partial charge in [-0.25, -0.2) is 37.5 Å². The molecule has 3 fully saturated rings. The Morgan fingerprint density at radius 2 is 1.62 bits per heavy atom. The van der Waals surface area contributed by atoms with Gasteiger partial charge in [-0.05, 0) is 105 Å². The first kappa shape index (κ1) is 63.7. The highest BCUT2D eigenvalue weighted by Gasteiger charge is 2.44. The third-order valence-electron chi connectivity index (χ3n) is 17.1. The van der Waals surface area contributed by atoms with Crippen molar-refractivity contribution in [1.29, 1.82) is 0 Å². The molecule has 2 amide bonds. The summed E-state index contributed by atoms with van der Waals surface area (Å²) in [6.45, 7) is 29.6. The predicted molar refractivity (Wildman–Crippen MR) is 334 cm³/mol. The molecule has 2 aromatic carbocycles. The van der Waals surface area contributed by atoms with Crippen molar-refractivity contribution >= 4 is 56.0 Å². The van der Waals surface area contributed by atoms with Gasteiger partial charge in [0, 0.05) is 124 Å². The Hall–Kier alpha value is -7.32. The molecule has 10 rings (SSSR count). The zero-order valence-corrected chi connectivity index (χ0v) is 53.6. The van der Waals surface area contributed by atoms with E-state index in [9.17, 15) is 27.2 Å². The zero-order valence-electron chi connectivity index (χ0n) is 52.8. The number of hydrogen-bond donors (Lipinski definition) is 3. The maximum Gasteiger partial charge on any atom is 0.410 e. The van der Waals surface area contributed by atoms with E-state index >= 15 is 0 Å². The maximum atomic E-state index is 14.7. The van der Waals surface area contributed by atoms with E-state index in [4.69, 9.17) is 18.9 Å². The highest BCUT2D eigenvalue weighted by Crippen LogP contribution is 2.40. The second kappa shape index (κ2) is 25.6. The second-order valence-electron chi connectivity index (χ2n) is 26.5. The van der Waals surface area contributed by atoms with Gasteiger partial charge in [0.25, 0.3) is 5.56 Å². The molecule has 88 heavy (non-hydrogen) atoms. The van der Waals surface area contributed by atoms with Crippen LogP contribution in [0, 0.1) is 19.7 Å². The quantitative estimate of drug-likeness (QED) is 0.0720. The Kier molecular flexibility index (Phi) is 18.6. The van der Waals surface area contributed by atoms with Crippen molar-refractivity contribution in [2.45, 2.75) is 141 Å². The standard InChI is InChI=1S/C63H85FN14O9S/c1-39-30-76(34-54(79)78-37-63(11,12)55-51(78)25-44(58(80)69-55)24-43-14-16-45(64)17-15-43)46(32-77(39)60(81)87-61(5,6)7)31-75-33-48(85-35-40(75)2)36-86-47-28-65-59(66-29-47)74-21-19-73(20-22-74)18-13-23-84-52-27-50-49(26-53(52)88(82,83)62(8,9)10)57(68-38-67-50)70-56-41(3)42(4)71-72-56/h14-17,25-29,38-40,46,48H,13,18-24,30-37H2,1-12H3,(H,69,80)(H2,67,68,70,71,72)/t39-,40+,46-,48+/m0/s1. The van der Waals surface area contributed by atoms with Gasteiger partial charge >= 0.3 is 6.09 Å². The summed E-state index contributed by atoms with van der Waals surface area (Å²) >= 11 is 0. The number of anilines is 4. The number of ether oxygens (including phenoxy) is 4. The van der Waals surface area contributed by atoms with Crippen molar-refractivity contribution in [2.24, 2.45) is 0 Å². The molecule has 0 spiro atoms. The van der Waals surface area contributed by atoms with Crippen LogP contribution in [0.5, 0.6) is 11.5 Å². The van der Waals surface area contributed by atoms with Crippen molar-refractivity contribution in [3.05, 3.63) is 105 Å². The fraction of sp³-hybridized carbons (Fsp3) is 0.556. The number of aromatic amines is 2. The second-order valence-corrected chi connectivity index (χ2v) is 29.2. The van der Waals surface area contributed by atoms with E-state index < -0.39 is 31.7 Å². The number of aromatic nitrogens is 7. The van der Waals surface area contributed by atoms with E-state index in [0.717, 1.165) is 36.5 Å². The first-order valence-electron chi connectivity index (χ1n) is 30.4. The van der Waals surface area contributed by atoms with Crippen LogP contribution in [0.15, 0.2) is 70.9 Å². The lowest BCUT2D eigenvalue weighted by Gasteiger charge is -2.48. The number of carbonyl (C=O) groups excluding carboxylic acids is 2. The number of piperazine rings is 2. The van der Waals surface area contributed by atoms with E-state index in [2.05, 4.69) is 67.0 Å². The summed E-state index contributed by atoms with van der Waals surface area (Å²) in [6, 6.07) is 10.7. The topological polar surface area (TPSA) is 250 Å². The highest BCUT2D eigenvalue weighted by atomic mass is 32.2. The zero-order chi connectivity index (χ0) is 63.0. The largest absolute Gasteiger partial charge is 0.492 e. The van der Waals surface area contributed by atoms with Crippen molar-refractivity contribution in [2.75, 3.05) is 107 Å². The van der Waals surface area contributed by atoms with Gasteiger partial charge in [-0.15, -0.1) is 0 Å². The van der Waals surface area contributed by atoms with Gasteiger partial charge in [0.05, 0.1) is 53.8 Å². The predicted octanol–water partition coefficient (Wildman–Crippen LogP) is 7.19. The molecule has 474 valence electrons. The first-order valence-corrected chi connectivity index (χ1v) is 31.9. The van der Waals surface area contributed by atoms with Gasteiger partial charge < -0.3 is 43.9 Å². The Balaban J connectivity index is 0.728. The van der Waals surface area contributed by atoms with Gasteiger partial charge in [0.2, 0.25) is 11.9 Å². The molecule has 4 aliphatic rings. The number of nitrogens with zero attached hydrogens (tertiary/aromatic N) is 11. The number of aryl methyl sites for hydroxylation is 1. The molecule has 0 radical (unpaired) electrons. The molecule has 3 N–H and O–H groups in total. The van der Waals surface area contributed by atoms with Crippen LogP contribution in [0.3, 0.4) is 0 Å². The van der Waals surface area contributed by atoms with E-state index in [-0.39, 0.29) is 71.7 Å². The number of nitrogens with one attached hydrogen (secondary N) is 3. The van der Waals surface area contributed by atoms with Crippen molar-refractivity contribution in [3.8, 4) is 11.5 Å². The minimum absolute atomic E-state index is 0.0295. The van der Waals surface area contributed by atoms with Gasteiger partial charge in [-0.1, -0.05) is 26.0 Å². The summed E-state index contributed by atoms with van der Waals surface area (Å²) in [4.78, 5) is 75.9. The van der Waals surface area contributed by atoms with Crippen LogP contribution >= 0.6 is 0 Å². The molecular weight excluding hydrogens is 1150 g/mol. The number of pyridine rings is 1. The Morgan fingerprint density at radius 3 is 2.31 bits per heavy atom. The highest BCUT2D eigenvalue weighted by molar-refractivity contribution is 7.92. The van der Waals surface area contributed by atoms with Crippen molar-refractivity contribution in [1.82, 2.24) is 54.7 Å². The minimum Gasteiger partial charge on any atom is -0.492 e. The fourth-order valence-electron chi connectivity index (χ4n) is 11.8. The minimum atomic E-state index is -3.84. The molecule has 8 heterocycles. The SMILES string of the molecule is Cc1n[nH]c(Nc2ncnc3cc(OCCCN4CCN(c5ncc(OC[C@H]6CN(C[C@H]7CN(C(=O)OC(C)(C)C)[C@@H](C)CN7CC(=O)N7CC(C)(C)c8[nH]c(=O)c(Cc9ccc(F)cc9)cc87)[C@H](C)CO6)cn5)CC4)c(S(=O)(=O)C(C)(C)C)cc23)c1C. The number of hydrogen-bond acceptors (Lipinski definition) is 19. The van der Waals surface area contributed by atoms with E-state index in [1.54, 1.807) is 73.3 Å². The lowest BCUT2D eigenvalue weighted by atomic mass is 9.91. The van der Waals surface area contributed by atoms with E-state index in [1.165, 1.54) is 18.5 Å². The van der Waals surface area contributed by atoms with Crippen molar-refractivity contribution < 1.29 is 41.3 Å². The Bertz CT molecular complexity index is 3660. The number of fused-ring (bicyclic) bond motifs is 2. The monoisotopic (exact) mass is 1230 g/mol. The first-order chi connectivity index (χ1) is 41.6. The molecule has 0 bridgehead atoms. The number of carbonyl (C=O) groups is 2. The fourth-order valence-corrected chi connectivity index (χ4v) is 13.1. The summed E-state index contributed by atoms with van der Waals surface area (Å²) in [7, 11) is -3.84. The molecular formula is C63H85FN14O9S. The Morgan fingerprint density at radius 1 is 0.898 bits per heavy atom. The average Bonchev–Trinajstić information content (AvgIpc) is 1.51. The molecule has 0 aliphatic carbocycles. The summed E-state index contributed by atoms with van der Waals surface area (Å²) in [5, 5.41) is 11.1. The van der Waals surface area contributed by atoms with Crippen LogP contribution in [0.2, 0.25) is 0 Å². The third-order valence-corrected chi connectivity index (χ3v) is 19.6. The molecule has 6 aromatic rings. The molecule has 3 saturated heterocycles. The number of benzene rings is 2. The van der Waals surface area contributed by atoms with E-state index in [0.29, 0.717) is 117 Å². The van der Waals surface area contributed by atoms with Gasteiger partial charge in [0.15, 0.2) is 15.6 Å². The van der Waals surface area contributed by atoms with Crippen LogP contribution in [0.1, 0.15) is 104 Å². The van der Waals surface area contributed by atoms with Crippen LogP contribution in [0.25, 0.3) is 10.9 Å². The third kappa shape index (κ3) is 14.4. The normalized spacial score (nSPS) is 20.5. The van der Waals surface area contributed by atoms with Crippen molar-refractivity contribution in [3.63, 3.8) is 0 Å².